The Morgan fingerprint density at radius 2 is 1.64 bits per heavy atom. The molecule has 0 aliphatic heterocycles. The van der Waals surface area contributed by atoms with Crippen LogP contribution in [0.3, 0.4) is 0 Å². The fraction of sp³-hybridized carbons (Fsp3) is 0.167. The maximum absolute atomic E-state index is 12.6. The maximum Gasteiger partial charge on any atom is 0.238 e. The van der Waals surface area contributed by atoms with Gasteiger partial charge in [-0.05, 0) is 12.1 Å². The van der Waals surface area contributed by atoms with Crippen molar-refractivity contribution in [2.45, 2.75) is 0 Å². The molecule has 0 saturated heterocycles. The van der Waals surface area contributed by atoms with Gasteiger partial charge in [-0.15, -0.1) is 0 Å². The minimum Gasteiger partial charge on any atom is -0.507 e. The Kier molecular flexibility index (Phi) is 4.38. The third-order valence-corrected chi connectivity index (χ3v) is 3.63. The van der Waals surface area contributed by atoms with E-state index in [4.69, 9.17) is 23.4 Å². The molecule has 1 aromatic heterocycles. The predicted octanol–water partition coefficient (Wildman–Crippen LogP) is 3.32. The van der Waals surface area contributed by atoms with Crippen molar-refractivity contribution in [3.8, 4) is 34.5 Å². The summed E-state index contributed by atoms with van der Waals surface area (Å²) >= 11 is 0. The molecule has 0 aliphatic carbocycles. The van der Waals surface area contributed by atoms with E-state index in [1.165, 1.54) is 39.7 Å². The van der Waals surface area contributed by atoms with Gasteiger partial charge in [-0.3, -0.25) is 4.79 Å². The Bertz CT molecular complexity index is 975. The fourth-order valence-electron chi connectivity index (χ4n) is 2.36. The molecule has 3 rings (SSSR count). The summed E-state index contributed by atoms with van der Waals surface area (Å²) in [5.74, 6) is 1.31. The molecule has 0 atom stereocenters. The summed E-state index contributed by atoms with van der Waals surface area (Å²) < 4.78 is 26.4. The molecule has 25 heavy (non-hydrogen) atoms. The number of ether oxygens (including phenoxy) is 4. The van der Waals surface area contributed by atoms with Gasteiger partial charge >= 0.3 is 0 Å². The lowest BCUT2D eigenvalue weighted by atomic mass is 10.2. The number of hydrogen-bond donors (Lipinski definition) is 1. The molecule has 7 heteroatoms. The van der Waals surface area contributed by atoms with E-state index in [2.05, 4.69) is 0 Å². The van der Waals surface area contributed by atoms with E-state index in [9.17, 15) is 9.90 Å². The molecule has 7 nitrogen and oxygen atoms in total. The Morgan fingerprint density at radius 1 is 0.880 bits per heavy atom. The van der Waals surface area contributed by atoms with Crippen molar-refractivity contribution < 1.29 is 28.5 Å². The summed E-state index contributed by atoms with van der Waals surface area (Å²) in [5, 5.41) is 10.1. The zero-order chi connectivity index (χ0) is 18.0. The number of fused-ring (bicyclic) bond motifs is 1. The van der Waals surface area contributed by atoms with Crippen LogP contribution in [0.1, 0.15) is 0 Å². The van der Waals surface area contributed by atoms with Crippen LogP contribution < -0.4 is 24.4 Å². The van der Waals surface area contributed by atoms with Gasteiger partial charge in [-0.25, -0.2) is 0 Å². The van der Waals surface area contributed by atoms with E-state index in [1.807, 2.05) is 0 Å². The highest BCUT2D eigenvalue weighted by atomic mass is 16.5. The second-order valence-electron chi connectivity index (χ2n) is 5.07. The number of rotatable bonds is 5. The van der Waals surface area contributed by atoms with Gasteiger partial charge in [-0.2, -0.15) is 0 Å². The van der Waals surface area contributed by atoms with Gasteiger partial charge in [0.25, 0.3) is 0 Å². The zero-order valence-electron chi connectivity index (χ0n) is 13.9. The molecule has 0 spiro atoms. The van der Waals surface area contributed by atoms with Crippen LogP contribution in [-0.4, -0.2) is 26.4 Å². The molecule has 0 unspecified atom stereocenters. The van der Waals surface area contributed by atoms with E-state index >= 15 is 0 Å². The van der Waals surface area contributed by atoms with E-state index in [-0.39, 0.29) is 22.5 Å². The van der Waals surface area contributed by atoms with Crippen LogP contribution >= 0.6 is 0 Å². The lowest BCUT2D eigenvalue weighted by Crippen LogP contribution is -2.06. The van der Waals surface area contributed by atoms with E-state index in [0.29, 0.717) is 23.0 Å². The Balaban J connectivity index is 2.07. The first-order valence-corrected chi connectivity index (χ1v) is 7.29. The number of phenols is 1. The average Bonchev–Trinajstić information content (AvgIpc) is 2.63. The molecular formula is C18H16O7. The molecule has 130 valence electrons. The quantitative estimate of drug-likeness (QED) is 0.759. The summed E-state index contributed by atoms with van der Waals surface area (Å²) in [6.07, 6.45) is 1.17. The van der Waals surface area contributed by atoms with Crippen molar-refractivity contribution in [2.75, 3.05) is 21.3 Å². The molecular weight excluding hydrogens is 328 g/mol. The topological polar surface area (TPSA) is 87.4 Å². The fourth-order valence-corrected chi connectivity index (χ4v) is 2.36. The first-order chi connectivity index (χ1) is 12.1. The van der Waals surface area contributed by atoms with Crippen molar-refractivity contribution >= 4 is 11.0 Å². The lowest BCUT2D eigenvalue weighted by Gasteiger charge is -2.11. The first kappa shape index (κ1) is 16.5. The molecule has 0 fully saturated rings. The van der Waals surface area contributed by atoms with Gasteiger partial charge in [0.2, 0.25) is 11.2 Å². The molecule has 0 amide bonds. The number of aromatic hydroxyl groups is 1. The molecule has 1 heterocycles. The van der Waals surface area contributed by atoms with Crippen molar-refractivity contribution in [3.05, 3.63) is 46.8 Å². The highest BCUT2D eigenvalue weighted by Gasteiger charge is 2.16. The predicted molar refractivity (Wildman–Crippen MR) is 90.3 cm³/mol. The van der Waals surface area contributed by atoms with Gasteiger partial charge in [0.15, 0.2) is 11.5 Å². The van der Waals surface area contributed by atoms with Gasteiger partial charge in [-0.1, -0.05) is 0 Å². The minimum atomic E-state index is -0.515. The minimum absolute atomic E-state index is 0.00535. The Hall–Kier alpha value is -3.35. The third-order valence-electron chi connectivity index (χ3n) is 3.63. The van der Waals surface area contributed by atoms with E-state index in [1.54, 1.807) is 18.2 Å². The first-order valence-electron chi connectivity index (χ1n) is 7.29. The molecule has 3 aromatic rings. The highest BCUT2D eigenvalue weighted by molar-refractivity contribution is 5.85. The number of benzene rings is 2. The second-order valence-corrected chi connectivity index (χ2v) is 5.07. The highest BCUT2D eigenvalue weighted by Crippen LogP contribution is 2.35. The van der Waals surface area contributed by atoms with Crippen LogP contribution in [0.25, 0.3) is 11.0 Å². The molecule has 0 saturated carbocycles. The summed E-state index contributed by atoms with van der Waals surface area (Å²) in [6, 6.07) is 7.74. The second kappa shape index (κ2) is 6.64. The lowest BCUT2D eigenvalue weighted by molar-refractivity contribution is 0.364. The zero-order valence-corrected chi connectivity index (χ0v) is 13.9. The van der Waals surface area contributed by atoms with Crippen LogP contribution in [-0.2, 0) is 0 Å². The van der Waals surface area contributed by atoms with E-state index < -0.39 is 5.43 Å². The van der Waals surface area contributed by atoms with Gasteiger partial charge in [0, 0.05) is 18.2 Å². The maximum atomic E-state index is 12.6. The van der Waals surface area contributed by atoms with Gasteiger partial charge < -0.3 is 28.5 Å². The molecule has 0 radical (unpaired) electrons. The largest absolute Gasteiger partial charge is 0.507 e. The Labute approximate surface area is 142 Å². The summed E-state index contributed by atoms with van der Waals surface area (Å²) in [6.45, 7) is 0. The standard InChI is InChI=1S/C18H16O7/c1-21-10-4-5-13(14(7-10)23-3)25-16-9-24-15-8-11(22-2)6-12(19)17(15)18(16)20/h4-9,19H,1-3H3. The third kappa shape index (κ3) is 3.03. The normalized spacial score (nSPS) is 10.5. The SMILES string of the molecule is COc1ccc(Oc2coc3cc(OC)cc(O)c3c2=O)c(OC)c1. The monoisotopic (exact) mass is 344 g/mol. The summed E-state index contributed by atoms with van der Waals surface area (Å²) in [5.41, 5.74) is -0.324. The number of phenolic OH excluding ortho intramolecular Hbond substituents is 1. The van der Waals surface area contributed by atoms with Crippen LogP contribution in [0.5, 0.6) is 34.5 Å². The van der Waals surface area contributed by atoms with Crippen LogP contribution in [0.2, 0.25) is 0 Å². The van der Waals surface area contributed by atoms with Crippen molar-refractivity contribution in [2.24, 2.45) is 0 Å². The van der Waals surface area contributed by atoms with Crippen LogP contribution in [0.15, 0.2) is 45.8 Å². The summed E-state index contributed by atoms with van der Waals surface area (Å²) in [4.78, 5) is 12.6. The summed E-state index contributed by atoms with van der Waals surface area (Å²) in [7, 11) is 4.46. The van der Waals surface area contributed by atoms with Gasteiger partial charge in [0.05, 0.1) is 21.3 Å². The number of hydrogen-bond acceptors (Lipinski definition) is 7. The molecule has 0 bridgehead atoms. The van der Waals surface area contributed by atoms with Crippen molar-refractivity contribution in [1.29, 1.82) is 0 Å². The van der Waals surface area contributed by atoms with Crippen molar-refractivity contribution in [3.63, 3.8) is 0 Å². The van der Waals surface area contributed by atoms with Gasteiger partial charge in [0.1, 0.15) is 34.5 Å². The van der Waals surface area contributed by atoms with Crippen molar-refractivity contribution in [1.82, 2.24) is 0 Å². The Morgan fingerprint density at radius 3 is 2.32 bits per heavy atom. The average molecular weight is 344 g/mol. The molecule has 1 N–H and O–H groups in total. The molecule has 2 aromatic carbocycles. The molecule has 0 aliphatic rings. The van der Waals surface area contributed by atoms with Crippen LogP contribution in [0.4, 0.5) is 0 Å². The number of methoxy groups -OCH3 is 3. The van der Waals surface area contributed by atoms with Crippen LogP contribution in [0, 0.1) is 0 Å². The van der Waals surface area contributed by atoms with E-state index in [0.717, 1.165) is 0 Å². The smallest absolute Gasteiger partial charge is 0.238 e.